The lowest BCUT2D eigenvalue weighted by molar-refractivity contribution is -0.144. The standard InChI is InChI=1S/C21H27N3O6/c1-12(2)9-24-19(22)18(20(27)23(5)21(24)28)16(25)10-30-17(26)11-29-15-7-13(3)6-14(4)8-15/h6-8,12H,9-11,22H2,1-5H3. The number of esters is 1. The molecule has 0 saturated heterocycles. The molecule has 1 heterocycles. The number of Topliss-reactive ketones (excluding diaryl/α,β-unsaturated/α-hetero) is 1. The van der Waals surface area contributed by atoms with Crippen molar-refractivity contribution in [3.8, 4) is 5.75 Å². The van der Waals surface area contributed by atoms with Crippen LogP contribution in [0.25, 0.3) is 0 Å². The van der Waals surface area contributed by atoms with Crippen molar-refractivity contribution in [3.05, 3.63) is 55.7 Å². The van der Waals surface area contributed by atoms with Crippen molar-refractivity contribution in [1.29, 1.82) is 0 Å². The summed E-state index contributed by atoms with van der Waals surface area (Å²) in [5.74, 6) is -1.22. The maximum absolute atomic E-state index is 12.5. The first-order valence-electron chi connectivity index (χ1n) is 9.50. The van der Waals surface area contributed by atoms with Gasteiger partial charge in [-0.3, -0.25) is 18.7 Å². The van der Waals surface area contributed by atoms with Crippen LogP contribution in [0.1, 0.15) is 35.3 Å². The fourth-order valence-corrected chi connectivity index (χ4v) is 3.01. The maximum Gasteiger partial charge on any atom is 0.344 e. The lowest BCUT2D eigenvalue weighted by Crippen LogP contribution is -2.43. The molecule has 9 heteroatoms. The number of nitrogens with two attached hydrogens (primary N) is 1. The third-order valence-electron chi connectivity index (χ3n) is 4.33. The normalized spacial score (nSPS) is 10.9. The lowest BCUT2D eigenvalue weighted by Gasteiger charge is -2.16. The van der Waals surface area contributed by atoms with Crippen LogP contribution in [-0.4, -0.2) is 34.1 Å². The van der Waals surface area contributed by atoms with Crippen LogP contribution in [0.3, 0.4) is 0 Å². The van der Waals surface area contributed by atoms with Gasteiger partial charge in [0.25, 0.3) is 5.56 Å². The molecule has 0 fully saturated rings. The quantitative estimate of drug-likeness (QED) is 0.506. The van der Waals surface area contributed by atoms with Gasteiger partial charge in [-0.1, -0.05) is 19.9 Å². The second-order valence-electron chi connectivity index (χ2n) is 7.61. The van der Waals surface area contributed by atoms with Crippen LogP contribution < -0.4 is 21.7 Å². The smallest absolute Gasteiger partial charge is 0.344 e. The van der Waals surface area contributed by atoms with E-state index in [1.54, 1.807) is 12.1 Å². The molecule has 1 aromatic carbocycles. The summed E-state index contributed by atoms with van der Waals surface area (Å²) in [4.78, 5) is 49.2. The highest BCUT2D eigenvalue weighted by Crippen LogP contribution is 2.16. The van der Waals surface area contributed by atoms with E-state index in [2.05, 4.69) is 0 Å². The minimum atomic E-state index is -0.829. The topological polar surface area (TPSA) is 123 Å². The Balaban J connectivity index is 2.10. The summed E-state index contributed by atoms with van der Waals surface area (Å²) in [6, 6.07) is 5.51. The first kappa shape index (κ1) is 22.9. The van der Waals surface area contributed by atoms with E-state index in [1.807, 2.05) is 33.8 Å². The number of aromatic nitrogens is 2. The first-order valence-corrected chi connectivity index (χ1v) is 9.50. The zero-order valence-corrected chi connectivity index (χ0v) is 17.9. The van der Waals surface area contributed by atoms with Crippen LogP contribution in [0.2, 0.25) is 0 Å². The first-order chi connectivity index (χ1) is 14.0. The van der Waals surface area contributed by atoms with Crippen LogP contribution in [0.5, 0.6) is 5.75 Å². The van der Waals surface area contributed by atoms with Crippen molar-refractivity contribution in [1.82, 2.24) is 9.13 Å². The van der Waals surface area contributed by atoms with E-state index in [0.29, 0.717) is 5.75 Å². The third kappa shape index (κ3) is 5.37. The molecular formula is C21H27N3O6. The van der Waals surface area contributed by atoms with Gasteiger partial charge < -0.3 is 15.2 Å². The highest BCUT2D eigenvalue weighted by molar-refractivity contribution is 6.01. The second-order valence-corrected chi connectivity index (χ2v) is 7.61. The van der Waals surface area contributed by atoms with Gasteiger partial charge in [-0.2, -0.15) is 0 Å². The third-order valence-corrected chi connectivity index (χ3v) is 4.33. The van der Waals surface area contributed by atoms with E-state index in [0.717, 1.165) is 15.7 Å². The summed E-state index contributed by atoms with van der Waals surface area (Å²) in [5, 5.41) is 0. The number of anilines is 1. The Bertz CT molecular complexity index is 1060. The van der Waals surface area contributed by atoms with Gasteiger partial charge in [0, 0.05) is 13.6 Å². The SMILES string of the molecule is Cc1cc(C)cc(OCC(=O)OCC(=O)c2c(N)n(CC(C)C)c(=O)n(C)c2=O)c1. The van der Waals surface area contributed by atoms with E-state index >= 15 is 0 Å². The van der Waals surface area contributed by atoms with Gasteiger partial charge in [0.2, 0.25) is 5.78 Å². The van der Waals surface area contributed by atoms with Gasteiger partial charge >= 0.3 is 11.7 Å². The highest BCUT2D eigenvalue weighted by atomic mass is 16.6. The summed E-state index contributed by atoms with van der Waals surface area (Å²) in [6.07, 6.45) is 0. The molecule has 0 aliphatic heterocycles. The molecule has 0 spiro atoms. The summed E-state index contributed by atoms with van der Waals surface area (Å²) >= 11 is 0. The Hall–Kier alpha value is -3.36. The molecule has 2 aromatic rings. The lowest BCUT2D eigenvalue weighted by atomic mass is 10.1. The largest absolute Gasteiger partial charge is 0.482 e. The van der Waals surface area contributed by atoms with Crippen LogP contribution in [0.15, 0.2) is 27.8 Å². The Kier molecular flexibility index (Phi) is 7.20. The molecule has 0 amide bonds. The number of nitrogen functional groups attached to an aromatic ring is 1. The van der Waals surface area contributed by atoms with Crippen molar-refractivity contribution < 1.29 is 19.1 Å². The van der Waals surface area contributed by atoms with Crippen molar-refractivity contribution in [3.63, 3.8) is 0 Å². The molecule has 0 radical (unpaired) electrons. The molecule has 2 N–H and O–H groups in total. The Morgan fingerprint density at radius 3 is 2.23 bits per heavy atom. The second kappa shape index (κ2) is 9.43. The van der Waals surface area contributed by atoms with Crippen molar-refractivity contribution >= 4 is 17.6 Å². The molecule has 0 saturated carbocycles. The van der Waals surface area contributed by atoms with Gasteiger partial charge in [-0.25, -0.2) is 9.59 Å². The summed E-state index contributed by atoms with van der Waals surface area (Å²) in [7, 11) is 1.27. The summed E-state index contributed by atoms with van der Waals surface area (Å²) < 4.78 is 12.3. The average molecular weight is 417 g/mol. The number of hydrogen-bond donors (Lipinski definition) is 1. The number of nitrogens with zero attached hydrogens (tertiary/aromatic N) is 2. The van der Waals surface area contributed by atoms with E-state index < -0.39 is 36.2 Å². The predicted molar refractivity (Wildman–Crippen MR) is 112 cm³/mol. The number of benzene rings is 1. The predicted octanol–water partition coefficient (Wildman–Crippen LogP) is 1.21. The number of ether oxygens (including phenoxy) is 2. The fourth-order valence-electron chi connectivity index (χ4n) is 3.01. The minimum Gasteiger partial charge on any atom is -0.482 e. The zero-order chi connectivity index (χ0) is 22.6. The highest BCUT2D eigenvalue weighted by Gasteiger charge is 2.23. The van der Waals surface area contributed by atoms with Crippen LogP contribution in [0, 0.1) is 19.8 Å². The van der Waals surface area contributed by atoms with Crippen molar-refractivity contribution in [2.24, 2.45) is 13.0 Å². The number of hydrogen-bond acceptors (Lipinski definition) is 7. The minimum absolute atomic E-state index is 0.0608. The van der Waals surface area contributed by atoms with Crippen molar-refractivity contribution in [2.75, 3.05) is 18.9 Å². The van der Waals surface area contributed by atoms with E-state index in [9.17, 15) is 19.2 Å². The monoisotopic (exact) mass is 417 g/mol. The molecule has 0 bridgehead atoms. The van der Waals surface area contributed by atoms with Gasteiger partial charge in [-0.15, -0.1) is 0 Å². The molecule has 0 unspecified atom stereocenters. The molecule has 30 heavy (non-hydrogen) atoms. The van der Waals surface area contributed by atoms with E-state index in [-0.39, 0.29) is 23.8 Å². The van der Waals surface area contributed by atoms with Gasteiger partial charge in [0.1, 0.15) is 17.1 Å². The molecule has 2 rings (SSSR count). The number of aryl methyl sites for hydroxylation is 2. The van der Waals surface area contributed by atoms with Gasteiger partial charge in [0.15, 0.2) is 13.2 Å². The number of rotatable bonds is 8. The molecule has 1 aromatic heterocycles. The molecule has 0 aliphatic rings. The summed E-state index contributed by atoms with van der Waals surface area (Å²) in [6.45, 7) is 6.71. The molecule has 9 nitrogen and oxygen atoms in total. The Morgan fingerprint density at radius 1 is 1.07 bits per heavy atom. The van der Waals surface area contributed by atoms with Gasteiger partial charge in [0.05, 0.1) is 0 Å². The molecule has 0 aliphatic carbocycles. The van der Waals surface area contributed by atoms with Crippen LogP contribution >= 0.6 is 0 Å². The van der Waals surface area contributed by atoms with Crippen LogP contribution in [-0.2, 0) is 23.1 Å². The van der Waals surface area contributed by atoms with Crippen molar-refractivity contribution in [2.45, 2.75) is 34.2 Å². The van der Waals surface area contributed by atoms with Gasteiger partial charge in [-0.05, 0) is 43.0 Å². The summed E-state index contributed by atoms with van der Waals surface area (Å²) in [5.41, 5.74) is 6.09. The molecule has 162 valence electrons. The molecular weight excluding hydrogens is 390 g/mol. The Labute approximate surface area is 174 Å². The molecule has 0 atom stereocenters. The van der Waals surface area contributed by atoms with E-state index in [4.69, 9.17) is 15.2 Å². The Morgan fingerprint density at radius 2 is 1.67 bits per heavy atom. The van der Waals surface area contributed by atoms with E-state index in [1.165, 1.54) is 11.6 Å². The number of carbonyl (C=O) groups is 2. The maximum atomic E-state index is 12.5. The average Bonchev–Trinajstić information content (AvgIpc) is 2.65. The van der Waals surface area contributed by atoms with Crippen LogP contribution in [0.4, 0.5) is 5.82 Å². The number of carbonyl (C=O) groups excluding carboxylic acids is 2. The zero-order valence-electron chi connectivity index (χ0n) is 17.9. The number of ketones is 1. The fraction of sp³-hybridized carbons (Fsp3) is 0.429.